The van der Waals surface area contributed by atoms with E-state index in [1.807, 2.05) is 42.5 Å². The average molecular weight is 372 g/mol. The lowest BCUT2D eigenvalue weighted by atomic mass is 9.91. The molecule has 28 heavy (non-hydrogen) atoms. The molecule has 0 saturated heterocycles. The van der Waals surface area contributed by atoms with Crippen LogP contribution >= 0.6 is 0 Å². The number of ether oxygens (including phenoxy) is 1. The van der Waals surface area contributed by atoms with Gasteiger partial charge < -0.3 is 4.74 Å². The zero-order chi connectivity index (χ0) is 18.9. The summed E-state index contributed by atoms with van der Waals surface area (Å²) in [7, 11) is 0. The second-order valence-electron chi connectivity index (χ2n) is 7.05. The number of H-pyrrole nitrogens is 1. The summed E-state index contributed by atoms with van der Waals surface area (Å²) in [4.78, 5) is 21.5. The molecular formula is C22H20N4O2. The van der Waals surface area contributed by atoms with Gasteiger partial charge in [0.1, 0.15) is 12.4 Å². The quantitative estimate of drug-likeness (QED) is 0.595. The van der Waals surface area contributed by atoms with Crippen molar-refractivity contribution in [1.82, 2.24) is 19.6 Å². The van der Waals surface area contributed by atoms with Crippen molar-refractivity contribution in [2.24, 2.45) is 0 Å². The van der Waals surface area contributed by atoms with E-state index in [4.69, 9.17) is 4.74 Å². The molecular weight excluding hydrogens is 352 g/mol. The minimum Gasteiger partial charge on any atom is -0.487 e. The summed E-state index contributed by atoms with van der Waals surface area (Å²) in [6.45, 7) is 0.246. The van der Waals surface area contributed by atoms with E-state index in [-0.39, 0.29) is 12.2 Å². The number of aryl methyl sites for hydroxylation is 1. The first-order chi connectivity index (χ1) is 13.8. The first kappa shape index (κ1) is 16.7. The fourth-order valence-corrected chi connectivity index (χ4v) is 3.76. The second kappa shape index (κ2) is 6.96. The molecule has 4 aromatic rings. The monoisotopic (exact) mass is 372 g/mol. The van der Waals surface area contributed by atoms with Crippen molar-refractivity contribution in [1.29, 1.82) is 0 Å². The third-order valence-electron chi connectivity index (χ3n) is 5.16. The summed E-state index contributed by atoms with van der Waals surface area (Å²) in [6, 6.07) is 17.4. The van der Waals surface area contributed by atoms with E-state index < -0.39 is 0 Å². The first-order valence-corrected chi connectivity index (χ1v) is 9.55. The Labute approximate surface area is 161 Å². The molecule has 140 valence electrons. The van der Waals surface area contributed by atoms with Gasteiger partial charge in [-0.2, -0.15) is 9.50 Å². The normalized spacial score (nSPS) is 13.4. The fraction of sp³-hybridized carbons (Fsp3) is 0.227. The van der Waals surface area contributed by atoms with Crippen molar-refractivity contribution in [2.75, 3.05) is 0 Å². The highest BCUT2D eigenvalue weighted by Crippen LogP contribution is 2.29. The summed E-state index contributed by atoms with van der Waals surface area (Å²) < 4.78 is 7.39. The van der Waals surface area contributed by atoms with Crippen LogP contribution in [0.3, 0.4) is 0 Å². The molecule has 6 nitrogen and oxygen atoms in total. The van der Waals surface area contributed by atoms with Gasteiger partial charge in [-0.05, 0) is 42.9 Å². The predicted molar refractivity (Wildman–Crippen MR) is 106 cm³/mol. The van der Waals surface area contributed by atoms with E-state index in [1.165, 1.54) is 34.6 Å². The number of hydrogen-bond donors (Lipinski definition) is 1. The zero-order valence-electron chi connectivity index (χ0n) is 15.4. The minimum atomic E-state index is -0.201. The summed E-state index contributed by atoms with van der Waals surface area (Å²) in [6.07, 6.45) is 4.57. The molecule has 0 saturated carbocycles. The van der Waals surface area contributed by atoms with Gasteiger partial charge in [0.15, 0.2) is 5.82 Å². The molecule has 2 aromatic heterocycles. The standard InChI is InChI=1S/C22H20N4O2/c27-20-13-17(14-28-19-12-6-10-15-7-4-5-11-18(15)19)23-22-24-21(25-26(20)22)16-8-2-1-3-9-16/h1-3,6,8-10,12-13H,4-5,7,11,14H2,(H,23,24,25). The van der Waals surface area contributed by atoms with Crippen LogP contribution in [0.15, 0.2) is 59.4 Å². The molecule has 1 N–H and O–H groups in total. The number of benzene rings is 2. The molecule has 0 unspecified atom stereocenters. The largest absolute Gasteiger partial charge is 0.487 e. The summed E-state index contributed by atoms with van der Waals surface area (Å²) >= 11 is 0. The topological polar surface area (TPSA) is 72.3 Å². The lowest BCUT2D eigenvalue weighted by molar-refractivity contribution is 0.296. The van der Waals surface area contributed by atoms with Crippen LogP contribution in [0.4, 0.5) is 0 Å². The third kappa shape index (κ3) is 3.07. The van der Waals surface area contributed by atoms with Crippen LogP contribution in [0.25, 0.3) is 17.2 Å². The van der Waals surface area contributed by atoms with Crippen molar-refractivity contribution in [3.05, 3.63) is 81.8 Å². The predicted octanol–water partition coefficient (Wildman–Crippen LogP) is 3.54. The van der Waals surface area contributed by atoms with Gasteiger partial charge in [-0.3, -0.25) is 9.89 Å². The molecule has 2 heterocycles. The van der Waals surface area contributed by atoms with Crippen LogP contribution in [-0.4, -0.2) is 19.6 Å². The van der Waals surface area contributed by atoms with Crippen LogP contribution < -0.4 is 10.3 Å². The van der Waals surface area contributed by atoms with Crippen molar-refractivity contribution >= 4 is 5.78 Å². The number of hydrogen-bond acceptors (Lipinski definition) is 4. The van der Waals surface area contributed by atoms with Gasteiger partial charge in [0, 0.05) is 11.6 Å². The molecule has 2 aromatic carbocycles. The molecule has 0 atom stereocenters. The molecule has 0 bridgehead atoms. The fourth-order valence-electron chi connectivity index (χ4n) is 3.76. The van der Waals surface area contributed by atoms with Crippen molar-refractivity contribution in [3.8, 4) is 17.1 Å². The first-order valence-electron chi connectivity index (χ1n) is 9.55. The Morgan fingerprint density at radius 3 is 2.75 bits per heavy atom. The van der Waals surface area contributed by atoms with Crippen LogP contribution in [0.1, 0.15) is 29.7 Å². The highest BCUT2D eigenvalue weighted by Gasteiger charge is 2.15. The number of aromatic amines is 1. The van der Waals surface area contributed by atoms with Gasteiger partial charge in [-0.1, -0.05) is 42.5 Å². The van der Waals surface area contributed by atoms with E-state index in [2.05, 4.69) is 21.1 Å². The molecule has 0 amide bonds. The number of aromatic nitrogens is 4. The highest BCUT2D eigenvalue weighted by atomic mass is 16.5. The van der Waals surface area contributed by atoms with Crippen molar-refractivity contribution < 1.29 is 4.74 Å². The molecule has 0 spiro atoms. The lowest BCUT2D eigenvalue weighted by Gasteiger charge is -2.19. The smallest absolute Gasteiger partial charge is 0.274 e. The van der Waals surface area contributed by atoms with Crippen molar-refractivity contribution in [2.45, 2.75) is 32.3 Å². The molecule has 5 rings (SSSR count). The second-order valence-corrected chi connectivity index (χ2v) is 7.05. The van der Waals surface area contributed by atoms with Gasteiger partial charge in [0.25, 0.3) is 11.3 Å². The summed E-state index contributed by atoms with van der Waals surface area (Å²) in [5.74, 6) is 1.85. The number of rotatable bonds is 4. The van der Waals surface area contributed by atoms with Gasteiger partial charge in [-0.15, -0.1) is 0 Å². The van der Waals surface area contributed by atoms with Crippen molar-refractivity contribution in [3.63, 3.8) is 0 Å². The summed E-state index contributed by atoms with van der Waals surface area (Å²) in [5, 5.41) is 3.01. The Kier molecular flexibility index (Phi) is 4.16. The Morgan fingerprint density at radius 1 is 1.00 bits per heavy atom. The van der Waals surface area contributed by atoms with Gasteiger partial charge in [0.05, 0.1) is 5.69 Å². The Balaban J connectivity index is 1.43. The maximum Gasteiger partial charge on any atom is 0.274 e. The zero-order valence-corrected chi connectivity index (χ0v) is 15.4. The maximum absolute atomic E-state index is 12.5. The van der Waals surface area contributed by atoms with Gasteiger partial charge in [0.2, 0.25) is 0 Å². The third-order valence-corrected chi connectivity index (χ3v) is 5.16. The maximum atomic E-state index is 12.5. The van der Waals surface area contributed by atoms with Crippen LogP contribution in [0, 0.1) is 0 Å². The number of nitrogens with zero attached hydrogens (tertiary/aromatic N) is 3. The average Bonchev–Trinajstić information content (AvgIpc) is 3.18. The van der Waals surface area contributed by atoms with E-state index >= 15 is 0 Å². The Hall–Kier alpha value is -3.41. The molecule has 6 heteroatoms. The molecule has 0 aliphatic heterocycles. The SMILES string of the molecule is O=c1cc(COc2cccc3c2CCCC3)nc2nc(-c3ccccc3)[nH]n12. The van der Waals surface area contributed by atoms with Gasteiger partial charge in [-0.25, -0.2) is 4.98 Å². The van der Waals surface area contributed by atoms with E-state index in [0.717, 1.165) is 24.2 Å². The van der Waals surface area contributed by atoms with E-state index in [0.29, 0.717) is 17.3 Å². The molecule has 0 fully saturated rings. The minimum absolute atomic E-state index is 0.201. The van der Waals surface area contributed by atoms with Crippen LogP contribution in [-0.2, 0) is 19.4 Å². The Morgan fingerprint density at radius 2 is 1.86 bits per heavy atom. The number of nitrogens with one attached hydrogen (secondary N) is 1. The van der Waals surface area contributed by atoms with E-state index in [1.54, 1.807) is 0 Å². The van der Waals surface area contributed by atoms with Gasteiger partial charge >= 0.3 is 0 Å². The van der Waals surface area contributed by atoms with Crippen LogP contribution in [0.5, 0.6) is 5.75 Å². The Bertz CT molecular complexity index is 1190. The summed E-state index contributed by atoms with van der Waals surface area (Å²) in [5.41, 5.74) is 3.93. The molecule has 1 aliphatic rings. The highest BCUT2D eigenvalue weighted by molar-refractivity contribution is 5.56. The number of fused-ring (bicyclic) bond motifs is 2. The van der Waals surface area contributed by atoms with Crippen LogP contribution in [0.2, 0.25) is 0 Å². The lowest BCUT2D eigenvalue weighted by Crippen LogP contribution is -2.17. The van der Waals surface area contributed by atoms with E-state index in [9.17, 15) is 4.79 Å². The molecule has 0 radical (unpaired) electrons. The molecule has 1 aliphatic carbocycles.